The first-order valence-corrected chi connectivity index (χ1v) is 9.03. The summed E-state index contributed by atoms with van der Waals surface area (Å²) >= 11 is 3.57. The number of aryl methyl sites for hydroxylation is 1. The second-order valence-electron chi connectivity index (χ2n) is 6.14. The normalized spacial score (nSPS) is 16.0. The second-order valence-corrected chi connectivity index (χ2v) is 7.05. The molecule has 0 aliphatic heterocycles. The molecule has 2 N–H and O–H groups in total. The van der Waals surface area contributed by atoms with Crippen molar-refractivity contribution >= 4 is 21.9 Å². The Balaban J connectivity index is 1.65. The average Bonchev–Trinajstić information content (AvgIpc) is 3.26. The molecule has 0 radical (unpaired) electrons. The summed E-state index contributed by atoms with van der Waals surface area (Å²) in [5, 5.41) is 10.9. The quantitative estimate of drug-likeness (QED) is 0.586. The molecule has 1 saturated carbocycles. The molecule has 0 saturated heterocycles. The maximum atomic E-state index is 4.62. The number of aromatic nitrogens is 3. The van der Waals surface area contributed by atoms with Gasteiger partial charge in [-0.1, -0.05) is 28.1 Å². The van der Waals surface area contributed by atoms with Crippen molar-refractivity contribution < 1.29 is 0 Å². The molecule has 1 heterocycles. The molecule has 0 unspecified atom stereocenters. The Labute approximate surface area is 150 Å². The van der Waals surface area contributed by atoms with E-state index in [2.05, 4.69) is 72.8 Å². The Morgan fingerprint density at radius 2 is 2.21 bits per heavy atom. The molecule has 7 heteroatoms. The van der Waals surface area contributed by atoms with Gasteiger partial charge in [0.25, 0.3) is 0 Å². The van der Waals surface area contributed by atoms with Crippen LogP contribution in [0.2, 0.25) is 0 Å². The lowest BCUT2D eigenvalue weighted by molar-refractivity contribution is 0.642. The maximum Gasteiger partial charge on any atom is 0.191 e. The Morgan fingerprint density at radius 3 is 2.83 bits per heavy atom. The van der Waals surface area contributed by atoms with E-state index in [9.17, 15) is 0 Å². The zero-order valence-electron chi connectivity index (χ0n) is 14.1. The third-order valence-corrected chi connectivity index (χ3v) is 4.91. The number of nitrogens with one attached hydrogen (secondary N) is 2. The topological polar surface area (TPSA) is 67.1 Å². The summed E-state index contributed by atoms with van der Waals surface area (Å²) in [5.41, 5.74) is 1.61. The molecule has 0 bridgehead atoms. The fraction of sp³-hybridized carbons (Fsp3) is 0.471. The maximum absolute atomic E-state index is 4.62. The number of halogens is 1. The number of aliphatic imine (C=N–C) groups is 1. The third-order valence-electron chi connectivity index (χ3n) is 4.41. The minimum absolute atomic E-state index is 0.227. The fourth-order valence-electron chi connectivity index (χ4n) is 2.74. The molecule has 2 aromatic rings. The van der Waals surface area contributed by atoms with Crippen molar-refractivity contribution in [3.63, 3.8) is 0 Å². The molecule has 1 aromatic heterocycles. The molecule has 1 aromatic carbocycles. The van der Waals surface area contributed by atoms with Gasteiger partial charge in [0, 0.05) is 30.0 Å². The summed E-state index contributed by atoms with van der Waals surface area (Å²) in [6.07, 6.45) is 3.97. The predicted octanol–water partition coefficient (Wildman–Crippen LogP) is 2.36. The van der Waals surface area contributed by atoms with Gasteiger partial charge < -0.3 is 10.6 Å². The Morgan fingerprint density at radius 1 is 1.38 bits per heavy atom. The van der Waals surface area contributed by atoms with Gasteiger partial charge >= 0.3 is 0 Å². The molecule has 0 spiro atoms. The lowest BCUT2D eigenvalue weighted by atomic mass is 9.96. The van der Waals surface area contributed by atoms with Crippen molar-refractivity contribution in [1.82, 2.24) is 25.4 Å². The lowest BCUT2D eigenvalue weighted by Gasteiger charge is -2.19. The number of nitrogens with zero attached hydrogens (tertiary/aromatic N) is 4. The first-order chi connectivity index (χ1) is 11.6. The van der Waals surface area contributed by atoms with Crippen LogP contribution in [0.5, 0.6) is 0 Å². The molecular formula is C17H23BrN6. The van der Waals surface area contributed by atoms with E-state index >= 15 is 0 Å². The zero-order chi connectivity index (χ0) is 17.0. The van der Waals surface area contributed by atoms with E-state index in [0.717, 1.165) is 29.3 Å². The fourth-order valence-corrected chi connectivity index (χ4v) is 3.14. The van der Waals surface area contributed by atoms with E-state index in [0.29, 0.717) is 6.54 Å². The van der Waals surface area contributed by atoms with Gasteiger partial charge in [0.1, 0.15) is 18.7 Å². The van der Waals surface area contributed by atoms with Gasteiger partial charge in [-0.2, -0.15) is 5.10 Å². The summed E-state index contributed by atoms with van der Waals surface area (Å²) in [4.78, 5) is 8.83. The van der Waals surface area contributed by atoms with Crippen molar-refractivity contribution in [1.29, 1.82) is 0 Å². The van der Waals surface area contributed by atoms with Crippen LogP contribution in [0.15, 0.2) is 40.1 Å². The van der Waals surface area contributed by atoms with E-state index < -0.39 is 0 Å². The third kappa shape index (κ3) is 3.95. The molecule has 1 aliphatic carbocycles. The second kappa shape index (κ2) is 7.34. The van der Waals surface area contributed by atoms with Crippen LogP contribution in [0.4, 0.5) is 0 Å². The van der Waals surface area contributed by atoms with Gasteiger partial charge in [-0.3, -0.25) is 4.68 Å². The summed E-state index contributed by atoms with van der Waals surface area (Å²) < 4.78 is 2.88. The summed E-state index contributed by atoms with van der Waals surface area (Å²) in [6, 6.07) is 8.60. The van der Waals surface area contributed by atoms with Crippen LogP contribution in [-0.4, -0.2) is 33.8 Å². The van der Waals surface area contributed by atoms with Gasteiger partial charge in [0.2, 0.25) is 0 Å². The van der Waals surface area contributed by atoms with Crippen LogP contribution in [0.1, 0.15) is 31.2 Å². The van der Waals surface area contributed by atoms with Crippen LogP contribution in [0, 0.1) is 0 Å². The molecule has 3 rings (SSSR count). The average molecular weight is 391 g/mol. The van der Waals surface area contributed by atoms with E-state index in [-0.39, 0.29) is 5.41 Å². The van der Waals surface area contributed by atoms with E-state index in [1.165, 1.54) is 18.4 Å². The first kappa shape index (κ1) is 17.0. The highest BCUT2D eigenvalue weighted by Crippen LogP contribution is 2.48. The summed E-state index contributed by atoms with van der Waals surface area (Å²) in [6.45, 7) is 4.29. The van der Waals surface area contributed by atoms with Crippen LogP contribution in [0.3, 0.4) is 0 Å². The van der Waals surface area contributed by atoms with Gasteiger partial charge in [-0.15, -0.1) is 0 Å². The minimum Gasteiger partial charge on any atom is -0.357 e. The Bertz CT molecular complexity index is 719. The summed E-state index contributed by atoms with van der Waals surface area (Å²) in [5.74, 6) is 1.67. The smallest absolute Gasteiger partial charge is 0.191 e. The van der Waals surface area contributed by atoms with E-state index in [1.54, 1.807) is 11.0 Å². The monoisotopic (exact) mass is 390 g/mol. The molecule has 24 heavy (non-hydrogen) atoms. The van der Waals surface area contributed by atoms with E-state index in [4.69, 9.17) is 0 Å². The lowest BCUT2D eigenvalue weighted by Crippen LogP contribution is -2.41. The Kier molecular flexibility index (Phi) is 5.18. The number of benzene rings is 1. The Hall–Kier alpha value is -1.89. The zero-order valence-corrected chi connectivity index (χ0v) is 15.7. The van der Waals surface area contributed by atoms with Crippen molar-refractivity contribution in [3.05, 3.63) is 46.5 Å². The highest BCUT2D eigenvalue weighted by atomic mass is 79.9. The molecule has 6 nitrogen and oxygen atoms in total. The SMILES string of the molecule is CCNC(=NCc1ncnn1C)NCC1(c2cccc(Br)c2)CC1. The van der Waals surface area contributed by atoms with Gasteiger partial charge in [0.15, 0.2) is 5.96 Å². The van der Waals surface area contributed by atoms with Gasteiger partial charge in [0.05, 0.1) is 0 Å². The van der Waals surface area contributed by atoms with Crippen molar-refractivity contribution in [2.45, 2.75) is 31.7 Å². The number of rotatable bonds is 6. The van der Waals surface area contributed by atoms with Crippen LogP contribution >= 0.6 is 15.9 Å². The highest BCUT2D eigenvalue weighted by Gasteiger charge is 2.44. The highest BCUT2D eigenvalue weighted by molar-refractivity contribution is 9.10. The number of hydrogen-bond donors (Lipinski definition) is 2. The van der Waals surface area contributed by atoms with Crippen molar-refractivity contribution in [3.8, 4) is 0 Å². The predicted molar refractivity (Wildman–Crippen MR) is 98.9 cm³/mol. The molecular weight excluding hydrogens is 368 g/mol. The largest absolute Gasteiger partial charge is 0.357 e. The molecule has 1 fully saturated rings. The summed E-state index contributed by atoms with van der Waals surface area (Å²) in [7, 11) is 1.88. The van der Waals surface area contributed by atoms with Crippen LogP contribution in [-0.2, 0) is 19.0 Å². The number of hydrogen-bond acceptors (Lipinski definition) is 3. The van der Waals surface area contributed by atoms with Crippen molar-refractivity contribution in [2.75, 3.05) is 13.1 Å². The van der Waals surface area contributed by atoms with E-state index in [1.807, 2.05) is 7.05 Å². The number of guanidine groups is 1. The molecule has 0 atom stereocenters. The van der Waals surface area contributed by atoms with Gasteiger partial charge in [-0.25, -0.2) is 9.98 Å². The first-order valence-electron chi connectivity index (χ1n) is 8.24. The molecule has 1 aliphatic rings. The molecule has 128 valence electrons. The molecule has 0 amide bonds. The standard InChI is InChI=1S/C17H23BrN6/c1-3-19-16(20-10-15-22-12-23-24(15)2)21-11-17(7-8-17)13-5-4-6-14(18)9-13/h4-6,9,12H,3,7-8,10-11H2,1-2H3,(H2,19,20,21). The van der Waals surface area contributed by atoms with Crippen molar-refractivity contribution in [2.24, 2.45) is 12.0 Å². The van der Waals surface area contributed by atoms with Gasteiger partial charge in [-0.05, 0) is 37.5 Å². The van der Waals surface area contributed by atoms with Crippen LogP contribution < -0.4 is 10.6 Å². The minimum atomic E-state index is 0.227. The van der Waals surface area contributed by atoms with Crippen LogP contribution in [0.25, 0.3) is 0 Å².